The molecule has 2 heterocycles. The predicted octanol–water partition coefficient (Wildman–Crippen LogP) is 1.46. The summed E-state index contributed by atoms with van der Waals surface area (Å²) in [7, 11) is 0. The highest BCUT2D eigenvalue weighted by atomic mass is 16.6. The van der Waals surface area contributed by atoms with Crippen LogP contribution in [0.25, 0.3) is 0 Å². The molecule has 1 aliphatic heterocycles. The van der Waals surface area contributed by atoms with Crippen molar-refractivity contribution in [2.24, 2.45) is 0 Å². The average molecular weight is 135 g/mol. The van der Waals surface area contributed by atoms with Crippen LogP contribution in [0.3, 0.4) is 0 Å². The fraction of sp³-hybridized carbons (Fsp3) is 0.375. The average Bonchev–Trinajstić information content (AvgIpc) is 2.68. The Labute approximate surface area is 59.9 Å². The summed E-state index contributed by atoms with van der Waals surface area (Å²) in [6, 6.07) is 2.12. The Kier molecular flexibility index (Phi) is 1.21. The number of aromatic nitrogens is 1. The summed E-state index contributed by atoms with van der Waals surface area (Å²) < 4.78 is 5.11. The first-order valence-electron chi connectivity index (χ1n) is 3.39. The van der Waals surface area contributed by atoms with E-state index in [-0.39, 0.29) is 0 Å². The monoisotopic (exact) mass is 135 g/mol. The zero-order chi connectivity index (χ0) is 6.97. The molecule has 1 aromatic heterocycles. The van der Waals surface area contributed by atoms with Crippen molar-refractivity contribution in [1.29, 1.82) is 0 Å². The molecule has 0 amide bonds. The molecule has 10 heavy (non-hydrogen) atoms. The molecule has 0 bridgehead atoms. The van der Waals surface area contributed by atoms with E-state index in [1.165, 1.54) is 11.1 Å². The highest BCUT2D eigenvalue weighted by Gasteiger charge is 2.24. The molecule has 1 unspecified atom stereocenters. The van der Waals surface area contributed by atoms with Crippen molar-refractivity contribution in [3.63, 3.8) is 0 Å². The van der Waals surface area contributed by atoms with Gasteiger partial charge in [0.1, 0.15) is 6.10 Å². The number of hydrogen-bond donors (Lipinski definition) is 0. The van der Waals surface area contributed by atoms with Crippen LogP contribution < -0.4 is 0 Å². The van der Waals surface area contributed by atoms with Crippen LogP contribution in [0.1, 0.15) is 17.2 Å². The summed E-state index contributed by atoms with van der Waals surface area (Å²) in [6.07, 6.45) is 4.06. The maximum Gasteiger partial charge on any atom is 0.107 e. The lowest BCUT2D eigenvalue weighted by atomic mass is 10.2. The minimum absolute atomic E-state index is 0.340. The third kappa shape index (κ3) is 1.02. The molecule has 1 saturated heterocycles. The smallest absolute Gasteiger partial charge is 0.107 e. The number of aryl methyl sites for hydroxylation is 1. The predicted molar refractivity (Wildman–Crippen MR) is 37.7 cm³/mol. The fourth-order valence-corrected chi connectivity index (χ4v) is 0.995. The zero-order valence-electron chi connectivity index (χ0n) is 5.87. The van der Waals surface area contributed by atoms with Crippen molar-refractivity contribution >= 4 is 0 Å². The van der Waals surface area contributed by atoms with Crippen LogP contribution in [-0.2, 0) is 4.74 Å². The number of nitrogens with zero attached hydrogens (tertiary/aromatic N) is 1. The SMILES string of the molecule is Cc1cncc(C2CO2)c1. The standard InChI is InChI=1S/C8H9NO/c1-6-2-7(4-9-3-6)8-5-10-8/h2-4,8H,5H2,1H3. The van der Waals surface area contributed by atoms with Crippen LogP contribution in [0, 0.1) is 6.92 Å². The quantitative estimate of drug-likeness (QED) is 0.545. The largest absolute Gasteiger partial charge is 0.368 e. The maximum atomic E-state index is 5.11. The van der Waals surface area contributed by atoms with Crippen LogP contribution in [0.5, 0.6) is 0 Å². The Morgan fingerprint density at radius 2 is 2.40 bits per heavy atom. The number of hydrogen-bond acceptors (Lipinski definition) is 2. The van der Waals surface area contributed by atoms with E-state index in [0.717, 1.165) is 6.61 Å². The summed E-state index contributed by atoms with van der Waals surface area (Å²) in [5.74, 6) is 0. The first kappa shape index (κ1) is 5.86. The van der Waals surface area contributed by atoms with Crippen molar-refractivity contribution in [3.8, 4) is 0 Å². The highest BCUT2D eigenvalue weighted by molar-refractivity contribution is 5.21. The van der Waals surface area contributed by atoms with Crippen LogP contribution in [0.2, 0.25) is 0 Å². The minimum Gasteiger partial charge on any atom is -0.368 e. The van der Waals surface area contributed by atoms with Crippen molar-refractivity contribution in [3.05, 3.63) is 29.6 Å². The third-order valence-electron chi connectivity index (χ3n) is 1.60. The van der Waals surface area contributed by atoms with Gasteiger partial charge in [-0.15, -0.1) is 0 Å². The summed E-state index contributed by atoms with van der Waals surface area (Å²) in [6.45, 7) is 2.91. The molecule has 0 saturated carbocycles. The molecular formula is C8H9NO. The normalized spacial score (nSPS) is 22.7. The van der Waals surface area contributed by atoms with Crippen LogP contribution >= 0.6 is 0 Å². The first-order chi connectivity index (χ1) is 4.86. The Hall–Kier alpha value is -0.890. The van der Waals surface area contributed by atoms with Gasteiger partial charge in [0.25, 0.3) is 0 Å². The van der Waals surface area contributed by atoms with Crippen LogP contribution in [0.15, 0.2) is 18.5 Å². The van der Waals surface area contributed by atoms with E-state index in [0.29, 0.717) is 6.10 Å². The molecule has 0 radical (unpaired) electrons. The second kappa shape index (κ2) is 2.06. The van der Waals surface area contributed by atoms with Gasteiger partial charge in [0.15, 0.2) is 0 Å². The second-order valence-corrected chi connectivity index (χ2v) is 2.62. The Morgan fingerprint density at radius 3 is 3.00 bits per heavy atom. The van der Waals surface area contributed by atoms with E-state index < -0.39 is 0 Å². The molecular weight excluding hydrogens is 126 g/mol. The number of pyridine rings is 1. The van der Waals surface area contributed by atoms with Crippen molar-refractivity contribution < 1.29 is 4.74 Å². The molecule has 0 aliphatic carbocycles. The molecule has 1 aliphatic rings. The van der Waals surface area contributed by atoms with Crippen LogP contribution in [-0.4, -0.2) is 11.6 Å². The zero-order valence-corrected chi connectivity index (χ0v) is 5.87. The number of epoxide rings is 1. The first-order valence-corrected chi connectivity index (χ1v) is 3.39. The Balaban J connectivity index is 2.32. The summed E-state index contributed by atoms with van der Waals surface area (Å²) in [4.78, 5) is 4.07. The summed E-state index contributed by atoms with van der Waals surface area (Å²) in [5, 5.41) is 0. The molecule has 1 atom stereocenters. The minimum atomic E-state index is 0.340. The van der Waals surface area contributed by atoms with Gasteiger partial charge in [-0.1, -0.05) is 6.07 Å². The van der Waals surface area contributed by atoms with Crippen molar-refractivity contribution in [2.45, 2.75) is 13.0 Å². The lowest BCUT2D eigenvalue weighted by molar-refractivity contribution is 0.415. The van der Waals surface area contributed by atoms with Crippen molar-refractivity contribution in [1.82, 2.24) is 4.98 Å². The molecule has 1 aromatic rings. The van der Waals surface area contributed by atoms with Gasteiger partial charge in [-0.05, 0) is 12.5 Å². The molecule has 0 N–H and O–H groups in total. The Morgan fingerprint density at radius 1 is 1.60 bits per heavy atom. The number of ether oxygens (including phenoxy) is 1. The van der Waals surface area contributed by atoms with Gasteiger partial charge < -0.3 is 4.74 Å². The van der Waals surface area contributed by atoms with E-state index in [1.807, 2.05) is 19.3 Å². The molecule has 2 rings (SSSR count). The van der Waals surface area contributed by atoms with Gasteiger partial charge in [0.05, 0.1) is 6.61 Å². The topological polar surface area (TPSA) is 25.4 Å². The van der Waals surface area contributed by atoms with Gasteiger partial charge in [-0.25, -0.2) is 0 Å². The molecule has 2 nitrogen and oxygen atoms in total. The lowest BCUT2D eigenvalue weighted by Gasteiger charge is -1.94. The molecule has 2 heteroatoms. The fourth-order valence-electron chi connectivity index (χ4n) is 0.995. The lowest BCUT2D eigenvalue weighted by Crippen LogP contribution is -1.83. The van der Waals surface area contributed by atoms with Gasteiger partial charge in [-0.2, -0.15) is 0 Å². The van der Waals surface area contributed by atoms with Gasteiger partial charge in [0, 0.05) is 18.0 Å². The summed E-state index contributed by atoms with van der Waals surface area (Å²) >= 11 is 0. The Bertz CT molecular complexity index is 243. The van der Waals surface area contributed by atoms with E-state index in [9.17, 15) is 0 Å². The number of rotatable bonds is 1. The third-order valence-corrected chi connectivity index (χ3v) is 1.60. The van der Waals surface area contributed by atoms with E-state index in [2.05, 4.69) is 11.1 Å². The highest BCUT2D eigenvalue weighted by Crippen LogP contribution is 2.28. The van der Waals surface area contributed by atoms with Gasteiger partial charge >= 0.3 is 0 Å². The molecule has 52 valence electrons. The van der Waals surface area contributed by atoms with E-state index >= 15 is 0 Å². The molecule has 0 aromatic carbocycles. The molecule has 1 fully saturated rings. The van der Waals surface area contributed by atoms with Crippen molar-refractivity contribution in [2.75, 3.05) is 6.61 Å². The molecule has 0 spiro atoms. The summed E-state index contributed by atoms with van der Waals surface area (Å²) in [5.41, 5.74) is 2.41. The van der Waals surface area contributed by atoms with Gasteiger partial charge in [-0.3, -0.25) is 4.98 Å². The maximum absolute atomic E-state index is 5.11. The second-order valence-electron chi connectivity index (χ2n) is 2.62. The van der Waals surface area contributed by atoms with Crippen LogP contribution in [0.4, 0.5) is 0 Å². The van der Waals surface area contributed by atoms with Gasteiger partial charge in [0.2, 0.25) is 0 Å². The van der Waals surface area contributed by atoms with E-state index in [4.69, 9.17) is 4.74 Å². The van der Waals surface area contributed by atoms with E-state index in [1.54, 1.807) is 0 Å².